The van der Waals surface area contributed by atoms with E-state index in [0.29, 0.717) is 35.7 Å². The van der Waals surface area contributed by atoms with E-state index in [0.717, 1.165) is 11.3 Å². The van der Waals surface area contributed by atoms with Crippen LogP contribution in [0.1, 0.15) is 35.3 Å². The quantitative estimate of drug-likeness (QED) is 0.716. The molecule has 28 heavy (non-hydrogen) atoms. The molecule has 0 aromatic heterocycles. The van der Waals surface area contributed by atoms with E-state index in [1.165, 1.54) is 0 Å². The van der Waals surface area contributed by atoms with Crippen molar-refractivity contribution in [1.82, 2.24) is 4.90 Å². The predicted octanol–water partition coefficient (Wildman–Crippen LogP) is 4.46. The van der Waals surface area contributed by atoms with Crippen LogP contribution in [0.2, 0.25) is 0 Å². The molecule has 1 heterocycles. The van der Waals surface area contributed by atoms with Crippen LogP contribution in [0.15, 0.2) is 42.2 Å². The number of Topliss-reactive ketones (excluding diaryl/α,β-unsaturated/α-hetero) is 1. The van der Waals surface area contributed by atoms with E-state index in [2.05, 4.69) is 0 Å². The van der Waals surface area contributed by atoms with E-state index < -0.39 is 6.09 Å². The number of rotatable bonds is 5. The van der Waals surface area contributed by atoms with Crippen LogP contribution >= 0.6 is 0 Å². The summed E-state index contributed by atoms with van der Waals surface area (Å²) in [5, 5.41) is 0. The fraction of sp³-hybridized carbons (Fsp3) is 0.273. The number of benzene rings is 2. The molecule has 6 heteroatoms. The number of ketones is 1. The number of nitrogens with zero attached hydrogens (tertiary/aromatic N) is 1. The highest BCUT2D eigenvalue weighted by atomic mass is 16.6. The van der Waals surface area contributed by atoms with Crippen molar-refractivity contribution >= 4 is 18.0 Å². The zero-order chi connectivity index (χ0) is 20.3. The lowest BCUT2D eigenvalue weighted by Crippen LogP contribution is -2.33. The fourth-order valence-electron chi connectivity index (χ4n) is 2.97. The van der Waals surface area contributed by atoms with Crippen LogP contribution in [0.4, 0.5) is 4.79 Å². The van der Waals surface area contributed by atoms with Crippen LogP contribution in [0.3, 0.4) is 0 Å². The second-order valence-electron chi connectivity index (χ2n) is 6.32. The van der Waals surface area contributed by atoms with Gasteiger partial charge in [0, 0.05) is 18.7 Å². The number of carbonyl (C=O) groups excluding carboxylic acids is 2. The van der Waals surface area contributed by atoms with Crippen LogP contribution in [-0.4, -0.2) is 37.0 Å². The van der Waals surface area contributed by atoms with Crippen molar-refractivity contribution < 1.29 is 23.8 Å². The first-order chi connectivity index (χ1) is 13.5. The van der Waals surface area contributed by atoms with E-state index in [1.54, 1.807) is 37.1 Å². The van der Waals surface area contributed by atoms with Crippen LogP contribution in [0.25, 0.3) is 6.08 Å². The first-order valence-electron chi connectivity index (χ1n) is 9.17. The van der Waals surface area contributed by atoms with Crippen molar-refractivity contribution in [1.29, 1.82) is 0 Å². The molecule has 0 saturated heterocycles. The summed E-state index contributed by atoms with van der Waals surface area (Å²) >= 11 is 0. The lowest BCUT2D eigenvalue weighted by Gasteiger charge is -2.19. The number of hydrogen-bond acceptors (Lipinski definition) is 5. The molecule has 0 fully saturated rings. The van der Waals surface area contributed by atoms with Gasteiger partial charge in [-0.25, -0.2) is 4.79 Å². The molecule has 1 amide bonds. The second kappa shape index (κ2) is 8.17. The highest BCUT2D eigenvalue weighted by Gasteiger charge is 2.30. The Kier molecular flexibility index (Phi) is 5.68. The molecule has 0 atom stereocenters. The summed E-state index contributed by atoms with van der Waals surface area (Å²) < 4.78 is 16.5. The third kappa shape index (κ3) is 3.71. The maximum atomic E-state index is 12.7. The van der Waals surface area contributed by atoms with E-state index in [9.17, 15) is 9.59 Å². The molecule has 2 aromatic carbocycles. The van der Waals surface area contributed by atoms with Crippen molar-refractivity contribution in [2.45, 2.75) is 20.8 Å². The first kappa shape index (κ1) is 19.5. The molecule has 0 N–H and O–H groups in total. The summed E-state index contributed by atoms with van der Waals surface area (Å²) in [4.78, 5) is 26.5. The van der Waals surface area contributed by atoms with E-state index >= 15 is 0 Å². The lowest BCUT2D eigenvalue weighted by atomic mass is 10.1. The van der Waals surface area contributed by atoms with Gasteiger partial charge in [-0.3, -0.25) is 4.79 Å². The molecule has 0 spiro atoms. The van der Waals surface area contributed by atoms with Gasteiger partial charge < -0.3 is 19.1 Å². The van der Waals surface area contributed by atoms with Gasteiger partial charge in [0.1, 0.15) is 17.2 Å². The van der Waals surface area contributed by atoms with Gasteiger partial charge in [0.05, 0.1) is 12.7 Å². The van der Waals surface area contributed by atoms with Crippen LogP contribution < -0.4 is 14.2 Å². The maximum absolute atomic E-state index is 12.7. The van der Waals surface area contributed by atoms with Crippen molar-refractivity contribution in [3.05, 3.63) is 58.8 Å². The predicted molar refractivity (Wildman–Crippen MR) is 106 cm³/mol. The Bertz CT molecular complexity index is 927. The molecule has 1 aliphatic rings. The normalized spacial score (nSPS) is 13.9. The van der Waals surface area contributed by atoms with Gasteiger partial charge in [0.15, 0.2) is 5.76 Å². The molecule has 0 aliphatic carbocycles. The third-order valence-electron chi connectivity index (χ3n) is 4.67. The number of fused-ring (bicyclic) bond motifs is 1. The average molecular weight is 381 g/mol. The van der Waals surface area contributed by atoms with Crippen molar-refractivity contribution in [3.8, 4) is 17.2 Å². The monoisotopic (exact) mass is 381 g/mol. The number of allylic oxidation sites excluding steroid dienone is 1. The van der Waals surface area contributed by atoms with Gasteiger partial charge in [-0.05, 0) is 56.7 Å². The first-order valence-corrected chi connectivity index (χ1v) is 9.17. The van der Waals surface area contributed by atoms with Crippen molar-refractivity contribution in [2.24, 2.45) is 0 Å². The minimum atomic E-state index is -0.425. The van der Waals surface area contributed by atoms with Gasteiger partial charge >= 0.3 is 6.09 Å². The minimum Gasteiger partial charge on any atom is -0.497 e. The Labute approximate surface area is 164 Å². The molecule has 2 aromatic rings. The van der Waals surface area contributed by atoms with Crippen LogP contribution in [0.5, 0.6) is 17.2 Å². The van der Waals surface area contributed by atoms with E-state index in [1.807, 2.05) is 38.1 Å². The molecule has 6 nitrogen and oxygen atoms in total. The van der Waals surface area contributed by atoms with Gasteiger partial charge in [0.2, 0.25) is 5.78 Å². The van der Waals surface area contributed by atoms with Gasteiger partial charge in [0.25, 0.3) is 0 Å². The topological polar surface area (TPSA) is 65.1 Å². The highest BCUT2D eigenvalue weighted by Crippen LogP contribution is 2.39. The molecule has 0 saturated carbocycles. The minimum absolute atomic E-state index is 0.199. The summed E-state index contributed by atoms with van der Waals surface area (Å²) in [6.07, 6.45) is 1.26. The summed E-state index contributed by atoms with van der Waals surface area (Å²) in [6.45, 7) is 6.66. The molecule has 146 valence electrons. The zero-order valence-electron chi connectivity index (χ0n) is 16.4. The van der Waals surface area contributed by atoms with Crippen LogP contribution in [0, 0.1) is 6.92 Å². The standard InChI is InChI=1S/C22H23NO5/c1-5-23(6-2)22(25)28-18-12-11-17-20(24)19(27-21(17)14(18)3)13-15-7-9-16(26-4)10-8-15/h7-13H,5-6H2,1-4H3/b19-13+. The lowest BCUT2D eigenvalue weighted by molar-refractivity contribution is 0.101. The number of methoxy groups -OCH3 is 1. The van der Waals surface area contributed by atoms with Gasteiger partial charge in [-0.1, -0.05) is 12.1 Å². The number of ether oxygens (including phenoxy) is 3. The SMILES string of the molecule is CCN(CC)C(=O)Oc1ccc2c(c1C)O/C(=C/c1ccc(OC)cc1)C2=O. The molecular weight excluding hydrogens is 358 g/mol. The van der Waals surface area contributed by atoms with Crippen LogP contribution in [-0.2, 0) is 0 Å². The molecule has 0 unspecified atom stereocenters. The number of amides is 1. The molecular formula is C22H23NO5. The Hall–Kier alpha value is -3.28. The Balaban J connectivity index is 1.85. The number of carbonyl (C=O) groups is 2. The zero-order valence-corrected chi connectivity index (χ0v) is 16.4. The van der Waals surface area contributed by atoms with Crippen molar-refractivity contribution in [3.63, 3.8) is 0 Å². The Morgan fingerprint density at radius 1 is 1.11 bits per heavy atom. The van der Waals surface area contributed by atoms with Gasteiger partial charge in [-0.2, -0.15) is 0 Å². The second-order valence-corrected chi connectivity index (χ2v) is 6.32. The third-order valence-corrected chi connectivity index (χ3v) is 4.67. The molecule has 3 rings (SSSR count). The maximum Gasteiger partial charge on any atom is 0.415 e. The largest absolute Gasteiger partial charge is 0.497 e. The summed E-state index contributed by atoms with van der Waals surface area (Å²) in [7, 11) is 1.60. The molecule has 0 radical (unpaired) electrons. The van der Waals surface area contributed by atoms with Crippen molar-refractivity contribution in [2.75, 3.05) is 20.2 Å². The van der Waals surface area contributed by atoms with Gasteiger partial charge in [-0.15, -0.1) is 0 Å². The smallest absolute Gasteiger partial charge is 0.415 e. The van der Waals surface area contributed by atoms with E-state index in [-0.39, 0.29) is 11.5 Å². The molecule has 0 bridgehead atoms. The van der Waals surface area contributed by atoms with E-state index in [4.69, 9.17) is 14.2 Å². The number of hydrogen-bond donors (Lipinski definition) is 0. The Morgan fingerprint density at radius 3 is 2.39 bits per heavy atom. The summed E-state index contributed by atoms with van der Waals surface area (Å²) in [5.74, 6) is 1.58. The molecule has 1 aliphatic heterocycles. The summed E-state index contributed by atoms with van der Waals surface area (Å²) in [5.41, 5.74) is 1.90. The fourth-order valence-corrected chi connectivity index (χ4v) is 2.97. The highest BCUT2D eigenvalue weighted by molar-refractivity contribution is 6.15. The summed E-state index contributed by atoms with van der Waals surface area (Å²) in [6, 6.07) is 10.6. The average Bonchev–Trinajstić information content (AvgIpc) is 3.02. The Morgan fingerprint density at radius 2 is 1.79 bits per heavy atom.